The second-order valence-electron chi connectivity index (χ2n) is 3.13. The molecule has 1 aromatic rings. The summed E-state index contributed by atoms with van der Waals surface area (Å²) in [6.45, 7) is 0. The molecule has 0 unspecified atom stereocenters. The minimum Gasteiger partial charge on any atom is -0.496 e. The van der Waals surface area contributed by atoms with Crippen LogP contribution in [0.1, 0.15) is 10.4 Å². The van der Waals surface area contributed by atoms with Crippen LogP contribution in [-0.2, 0) is 14.6 Å². The van der Waals surface area contributed by atoms with Crippen molar-refractivity contribution in [3.63, 3.8) is 0 Å². The molecule has 0 aliphatic carbocycles. The van der Waals surface area contributed by atoms with Gasteiger partial charge in [0, 0.05) is 6.26 Å². The van der Waals surface area contributed by atoms with E-state index in [2.05, 4.69) is 4.74 Å². The first-order valence-corrected chi connectivity index (χ1v) is 6.25. The minimum absolute atomic E-state index is 0.0497. The van der Waals surface area contributed by atoms with E-state index in [-0.39, 0.29) is 16.2 Å². The average Bonchev–Trinajstić information content (AvgIpc) is 2.25. The molecule has 88 valence electrons. The van der Waals surface area contributed by atoms with Crippen molar-refractivity contribution >= 4 is 15.8 Å². The van der Waals surface area contributed by atoms with E-state index in [1.165, 1.54) is 32.4 Å². The molecule has 16 heavy (non-hydrogen) atoms. The first-order valence-electron chi connectivity index (χ1n) is 4.36. The summed E-state index contributed by atoms with van der Waals surface area (Å²) in [5.41, 5.74) is 0.0907. The number of carbonyl (C=O) groups is 1. The second kappa shape index (κ2) is 4.52. The van der Waals surface area contributed by atoms with Crippen molar-refractivity contribution in [1.29, 1.82) is 0 Å². The SMILES string of the molecule is COC(=O)c1cc(S(C)(=O)=O)ccc1OC. The number of esters is 1. The highest BCUT2D eigenvalue weighted by Gasteiger charge is 2.16. The van der Waals surface area contributed by atoms with Crippen molar-refractivity contribution in [2.24, 2.45) is 0 Å². The van der Waals surface area contributed by atoms with E-state index in [0.29, 0.717) is 0 Å². The molecule has 6 heteroatoms. The second-order valence-corrected chi connectivity index (χ2v) is 5.14. The third-order valence-electron chi connectivity index (χ3n) is 2.00. The first-order chi connectivity index (χ1) is 7.40. The Morgan fingerprint density at radius 3 is 2.31 bits per heavy atom. The summed E-state index contributed by atoms with van der Waals surface area (Å²) < 4.78 is 32.1. The predicted octanol–water partition coefficient (Wildman–Crippen LogP) is 0.885. The summed E-state index contributed by atoms with van der Waals surface area (Å²) >= 11 is 0. The summed E-state index contributed by atoms with van der Waals surface area (Å²) in [6, 6.07) is 4.03. The monoisotopic (exact) mass is 244 g/mol. The Kier molecular flexibility index (Phi) is 3.54. The summed E-state index contributed by atoms with van der Waals surface area (Å²) in [4.78, 5) is 11.4. The molecule has 0 aromatic heterocycles. The van der Waals surface area contributed by atoms with Gasteiger partial charge in [-0.15, -0.1) is 0 Å². The van der Waals surface area contributed by atoms with Crippen LogP contribution in [0.25, 0.3) is 0 Å². The molecule has 0 heterocycles. The van der Waals surface area contributed by atoms with E-state index in [0.717, 1.165) is 6.26 Å². The molecule has 0 N–H and O–H groups in total. The van der Waals surface area contributed by atoms with Crippen LogP contribution in [0.4, 0.5) is 0 Å². The van der Waals surface area contributed by atoms with E-state index in [1.54, 1.807) is 0 Å². The van der Waals surface area contributed by atoms with Crippen molar-refractivity contribution in [2.75, 3.05) is 20.5 Å². The standard InChI is InChI=1S/C10H12O5S/c1-14-9-5-4-7(16(3,12)13)6-8(9)10(11)15-2/h4-6H,1-3H3. The minimum atomic E-state index is -3.36. The van der Waals surface area contributed by atoms with E-state index in [1.807, 2.05) is 0 Å². The molecule has 0 radical (unpaired) electrons. The van der Waals surface area contributed by atoms with E-state index in [9.17, 15) is 13.2 Å². The lowest BCUT2D eigenvalue weighted by atomic mass is 10.2. The van der Waals surface area contributed by atoms with Gasteiger partial charge in [0.25, 0.3) is 0 Å². The lowest BCUT2D eigenvalue weighted by Gasteiger charge is -2.08. The molecule has 0 fully saturated rings. The summed E-state index contributed by atoms with van der Waals surface area (Å²) in [5.74, 6) is -0.360. The Morgan fingerprint density at radius 2 is 1.88 bits per heavy atom. The molecule has 1 rings (SSSR count). The lowest BCUT2D eigenvalue weighted by Crippen LogP contribution is -2.06. The summed E-state index contributed by atoms with van der Waals surface area (Å²) in [7, 11) is -0.747. The number of hydrogen-bond acceptors (Lipinski definition) is 5. The molecule has 0 spiro atoms. The van der Waals surface area contributed by atoms with Crippen LogP contribution < -0.4 is 4.74 Å². The van der Waals surface area contributed by atoms with Gasteiger partial charge in [-0.05, 0) is 18.2 Å². The third-order valence-corrected chi connectivity index (χ3v) is 3.11. The fourth-order valence-electron chi connectivity index (χ4n) is 1.19. The highest BCUT2D eigenvalue weighted by Crippen LogP contribution is 2.22. The molecule has 0 bridgehead atoms. The highest BCUT2D eigenvalue weighted by atomic mass is 32.2. The Hall–Kier alpha value is -1.56. The molecule has 1 aromatic carbocycles. The van der Waals surface area contributed by atoms with Gasteiger partial charge in [0.15, 0.2) is 9.84 Å². The van der Waals surface area contributed by atoms with Crippen molar-refractivity contribution in [2.45, 2.75) is 4.90 Å². The van der Waals surface area contributed by atoms with Crippen molar-refractivity contribution in [3.05, 3.63) is 23.8 Å². The van der Waals surface area contributed by atoms with E-state index >= 15 is 0 Å². The van der Waals surface area contributed by atoms with Gasteiger partial charge in [-0.1, -0.05) is 0 Å². The van der Waals surface area contributed by atoms with Crippen molar-refractivity contribution in [1.82, 2.24) is 0 Å². The van der Waals surface area contributed by atoms with Crippen LogP contribution in [0.15, 0.2) is 23.1 Å². The molecule has 0 atom stereocenters. The van der Waals surface area contributed by atoms with Crippen LogP contribution in [-0.4, -0.2) is 34.9 Å². The molecule has 0 saturated carbocycles. The Morgan fingerprint density at radius 1 is 1.25 bits per heavy atom. The van der Waals surface area contributed by atoms with Gasteiger partial charge in [-0.2, -0.15) is 0 Å². The summed E-state index contributed by atoms with van der Waals surface area (Å²) in [6.07, 6.45) is 1.07. The molecule has 5 nitrogen and oxygen atoms in total. The molecule has 0 saturated heterocycles. The Balaban J connectivity index is 3.38. The van der Waals surface area contributed by atoms with Crippen LogP contribution in [0.3, 0.4) is 0 Å². The van der Waals surface area contributed by atoms with E-state index in [4.69, 9.17) is 4.74 Å². The zero-order chi connectivity index (χ0) is 12.3. The first kappa shape index (κ1) is 12.5. The largest absolute Gasteiger partial charge is 0.496 e. The summed E-state index contributed by atoms with van der Waals surface area (Å²) in [5, 5.41) is 0. The maximum atomic E-state index is 11.4. The van der Waals surface area contributed by atoms with Gasteiger partial charge >= 0.3 is 5.97 Å². The molecule has 0 aliphatic rings. The number of benzene rings is 1. The van der Waals surface area contributed by atoms with Crippen LogP contribution in [0, 0.1) is 0 Å². The number of hydrogen-bond donors (Lipinski definition) is 0. The van der Waals surface area contributed by atoms with Crippen molar-refractivity contribution < 1.29 is 22.7 Å². The van der Waals surface area contributed by atoms with E-state index < -0.39 is 15.8 Å². The van der Waals surface area contributed by atoms with Crippen LogP contribution >= 0.6 is 0 Å². The maximum Gasteiger partial charge on any atom is 0.341 e. The highest BCUT2D eigenvalue weighted by molar-refractivity contribution is 7.90. The zero-order valence-corrected chi connectivity index (χ0v) is 10.00. The normalized spacial score (nSPS) is 10.9. The van der Waals surface area contributed by atoms with Gasteiger partial charge in [0.05, 0.1) is 19.1 Å². The predicted molar refractivity (Wildman–Crippen MR) is 57.4 cm³/mol. The maximum absolute atomic E-state index is 11.4. The Labute approximate surface area is 93.9 Å². The molecule has 0 amide bonds. The molecular formula is C10H12O5S. The van der Waals surface area contributed by atoms with Gasteiger partial charge in [0.2, 0.25) is 0 Å². The lowest BCUT2D eigenvalue weighted by molar-refractivity contribution is 0.0597. The van der Waals surface area contributed by atoms with Gasteiger partial charge in [-0.25, -0.2) is 13.2 Å². The average molecular weight is 244 g/mol. The van der Waals surface area contributed by atoms with Crippen LogP contribution in [0.5, 0.6) is 5.75 Å². The number of methoxy groups -OCH3 is 2. The third kappa shape index (κ3) is 2.52. The number of carbonyl (C=O) groups excluding carboxylic acids is 1. The fraction of sp³-hybridized carbons (Fsp3) is 0.300. The van der Waals surface area contributed by atoms with Gasteiger partial charge < -0.3 is 9.47 Å². The smallest absolute Gasteiger partial charge is 0.341 e. The van der Waals surface area contributed by atoms with Crippen molar-refractivity contribution in [3.8, 4) is 5.75 Å². The topological polar surface area (TPSA) is 69.7 Å². The molecular weight excluding hydrogens is 232 g/mol. The van der Waals surface area contributed by atoms with Crippen LogP contribution in [0.2, 0.25) is 0 Å². The molecule has 0 aliphatic heterocycles. The number of sulfone groups is 1. The quantitative estimate of drug-likeness (QED) is 0.738. The van der Waals surface area contributed by atoms with Gasteiger partial charge in [0.1, 0.15) is 11.3 Å². The fourth-order valence-corrected chi connectivity index (χ4v) is 1.83. The van der Waals surface area contributed by atoms with Gasteiger partial charge in [-0.3, -0.25) is 0 Å². The number of rotatable bonds is 3. The zero-order valence-electron chi connectivity index (χ0n) is 9.18. The number of ether oxygens (including phenoxy) is 2. The Bertz CT molecular complexity index is 504.